The quantitative estimate of drug-likeness (QED) is 0.336. The van der Waals surface area contributed by atoms with E-state index in [1.54, 1.807) is 20.1 Å². The second-order valence-corrected chi connectivity index (χ2v) is 9.86. The van der Waals surface area contributed by atoms with Gasteiger partial charge < -0.3 is 29.3 Å². The molecule has 1 unspecified atom stereocenters. The summed E-state index contributed by atoms with van der Waals surface area (Å²) in [4.78, 5) is 22.2. The van der Waals surface area contributed by atoms with E-state index in [9.17, 15) is 23.1 Å². The molecule has 1 saturated heterocycles. The van der Waals surface area contributed by atoms with Crippen LogP contribution < -0.4 is 19.3 Å². The normalized spacial score (nSPS) is 17.0. The third kappa shape index (κ3) is 5.79. The molecule has 1 atom stereocenters. The van der Waals surface area contributed by atoms with E-state index in [2.05, 4.69) is 9.89 Å². The second kappa shape index (κ2) is 11.8. The molecule has 1 N–H and O–H groups in total. The van der Waals surface area contributed by atoms with Gasteiger partial charge >= 0.3 is 12.1 Å². The van der Waals surface area contributed by atoms with Crippen molar-refractivity contribution in [2.75, 3.05) is 49.7 Å². The number of aliphatic imine (C=N–C) groups is 1. The number of rotatable bonds is 7. The lowest BCUT2D eigenvalue weighted by Gasteiger charge is -2.45. The molecule has 42 heavy (non-hydrogen) atoms. The number of fused-ring (bicyclic) bond motifs is 1. The number of carbonyl (C=O) groups is 1. The van der Waals surface area contributed by atoms with Crippen molar-refractivity contribution in [1.29, 1.82) is 0 Å². The Hall–Kier alpha value is -4.48. The van der Waals surface area contributed by atoms with Crippen LogP contribution in [0.4, 0.5) is 34.6 Å². The summed E-state index contributed by atoms with van der Waals surface area (Å²) in [6.45, 7) is 3.68. The van der Waals surface area contributed by atoms with Crippen LogP contribution in [-0.2, 0) is 11.0 Å². The third-order valence-electron chi connectivity index (χ3n) is 7.31. The van der Waals surface area contributed by atoms with Crippen LogP contribution in [0.5, 0.6) is 11.5 Å². The topological polar surface area (TPSA) is 77.8 Å². The number of alkyl halides is 3. The highest BCUT2D eigenvalue weighted by atomic mass is 19.4. The van der Waals surface area contributed by atoms with Gasteiger partial charge in [-0.25, -0.2) is 9.38 Å². The molecule has 0 bridgehead atoms. The van der Waals surface area contributed by atoms with Gasteiger partial charge in [0.15, 0.2) is 0 Å². The van der Waals surface area contributed by atoms with Crippen LogP contribution in [0.3, 0.4) is 0 Å². The molecule has 3 aromatic rings. The van der Waals surface area contributed by atoms with Gasteiger partial charge in [0.1, 0.15) is 23.0 Å². The molecule has 0 spiro atoms. The van der Waals surface area contributed by atoms with Crippen LogP contribution in [0.15, 0.2) is 65.7 Å². The minimum Gasteiger partial charge on any atom is -0.497 e. The van der Waals surface area contributed by atoms with Crippen LogP contribution in [0, 0.1) is 5.82 Å². The molecule has 3 aromatic carbocycles. The molecule has 0 aliphatic carbocycles. The summed E-state index contributed by atoms with van der Waals surface area (Å²) in [6.07, 6.45) is -5.18. The Morgan fingerprint density at radius 2 is 1.74 bits per heavy atom. The van der Waals surface area contributed by atoms with E-state index in [0.717, 1.165) is 17.8 Å². The van der Waals surface area contributed by atoms with Crippen LogP contribution >= 0.6 is 0 Å². The highest BCUT2D eigenvalue weighted by molar-refractivity contribution is 6.02. The molecule has 2 aliphatic heterocycles. The Kier molecular flexibility index (Phi) is 8.15. The van der Waals surface area contributed by atoms with Gasteiger partial charge in [0.05, 0.1) is 37.4 Å². The van der Waals surface area contributed by atoms with Crippen LogP contribution in [0.25, 0.3) is 0 Å². The summed E-state index contributed by atoms with van der Waals surface area (Å²) in [5.74, 6) is -0.861. The largest absolute Gasteiger partial charge is 0.497 e. The fourth-order valence-electron chi connectivity index (χ4n) is 5.35. The molecule has 0 radical (unpaired) electrons. The first-order valence-electron chi connectivity index (χ1n) is 13.5. The number of halogens is 4. The fraction of sp³-hybridized carbons (Fsp3) is 0.333. The molecule has 0 aromatic heterocycles. The molecule has 12 heteroatoms. The lowest BCUT2D eigenvalue weighted by Crippen LogP contribution is -2.55. The number of ether oxygens (including phenoxy) is 2. The number of nitrogens with zero attached hydrogens (tertiary/aromatic N) is 4. The maximum Gasteiger partial charge on any atom is 0.416 e. The summed E-state index contributed by atoms with van der Waals surface area (Å²) >= 11 is 0. The van der Waals surface area contributed by atoms with Gasteiger partial charge in [0.2, 0.25) is 5.96 Å². The number of methoxy groups -OCH3 is 1. The minimum atomic E-state index is -4.67. The third-order valence-corrected chi connectivity index (χ3v) is 7.31. The molecule has 1 fully saturated rings. The maximum atomic E-state index is 15.1. The summed E-state index contributed by atoms with van der Waals surface area (Å²) in [5, 5.41) is 9.88. The first-order valence-corrected chi connectivity index (χ1v) is 13.5. The molecule has 5 rings (SSSR count). The predicted octanol–water partition coefficient (Wildman–Crippen LogP) is 6.10. The van der Waals surface area contributed by atoms with Crippen LogP contribution in [0.1, 0.15) is 30.5 Å². The van der Waals surface area contributed by atoms with Gasteiger partial charge in [-0.2, -0.15) is 13.2 Å². The Labute approximate surface area is 240 Å². The van der Waals surface area contributed by atoms with Crippen molar-refractivity contribution in [3.8, 4) is 11.5 Å². The number of hydrogen-bond donors (Lipinski definition) is 1. The van der Waals surface area contributed by atoms with E-state index in [4.69, 9.17) is 9.47 Å². The van der Waals surface area contributed by atoms with E-state index in [1.807, 2.05) is 29.2 Å². The van der Waals surface area contributed by atoms with Gasteiger partial charge in [-0.15, -0.1) is 0 Å². The van der Waals surface area contributed by atoms with Gasteiger partial charge in [0, 0.05) is 43.5 Å². The van der Waals surface area contributed by atoms with Gasteiger partial charge in [-0.05, 0) is 43.3 Å². The summed E-state index contributed by atoms with van der Waals surface area (Å²) in [6, 6.07) is 13.8. The number of piperazine rings is 1. The predicted molar refractivity (Wildman–Crippen MR) is 150 cm³/mol. The van der Waals surface area contributed by atoms with E-state index in [-0.39, 0.29) is 35.3 Å². The average molecular weight is 587 g/mol. The number of hydrogen-bond acceptors (Lipinski definition) is 7. The average Bonchev–Trinajstić information content (AvgIpc) is 2.97. The van der Waals surface area contributed by atoms with Crippen LogP contribution in [-0.4, -0.2) is 61.8 Å². The molecular formula is C30H30F4N4O4. The van der Waals surface area contributed by atoms with Gasteiger partial charge in [-0.3, -0.25) is 4.79 Å². The van der Waals surface area contributed by atoms with Crippen molar-refractivity contribution in [2.45, 2.75) is 25.6 Å². The fourth-order valence-corrected chi connectivity index (χ4v) is 5.35. The standard InChI is InChI=1S/C30H30F4N4O4/c1-3-42-26-11-10-19(30(32,33)34)16-25(26)38-24(18-27(39)40)22-8-5-9-23(31)28(22)35-29(38)37-14-12-36(13-15-37)20-6-4-7-21(17-20)41-2/h4-11,16-17,24H,3,12-15,18H2,1-2H3,(H,39,40). The minimum absolute atomic E-state index is 0.00168. The number of anilines is 2. The highest BCUT2D eigenvalue weighted by Crippen LogP contribution is 2.46. The van der Waals surface area contributed by atoms with E-state index < -0.39 is 36.0 Å². The van der Waals surface area contributed by atoms with Crippen molar-refractivity contribution < 1.29 is 36.9 Å². The number of aliphatic carboxylic acids is 1. The Morgan fingerprint density at radius 1 is 1.02 bits per heavy atom. The van der Waals surface area contributed by atoms with Gasteiger partial charge in [0.25, 0.3) is 0 Å². The SMILES string of the molecule is CCOc1ccc(C(F)(F)F)cc1N1C(N2CCN(c3cccc(OC)c3)CC2)=Nc2c(F)cccc2C1CC(=O)O. The maximum absolute atomic E-state index is 15.1. The van der Waals surface area contributed by atoms with Crippen molar-refractivity contribution in [3.63, 3.8) is 0 Å². The van der Waals surface area contributed by atoms with E-state index in [0.29, 0.717) is 31.9 Å². The van der Waals surface area contributed by atoms with E-state index >= 15 is 4.39 Å². The molecule has 2 heterocycles. The first-order chi connectivity index (χ1) is 20.1. The molecule has 8 nitrogen and oxygen atoms in total. The van der Waals surface area contributed by atoms with E-state index in [1.165, 1.54) is 23.1 Å². The number of guanidine groups is 1. The summed E-state index contributed by atoms with van der Waals surface area (Å²) < 4.78 is 67.9. The van der Waals surface area contributed by atoms with Crippen molar-refractivity contribution in [2.24, 2.45) is 4.99 Å². The number of carboxylic acid groups (broad SMARTS) is 1. The summed E-state index contributed by atoms with van der Waals surface area (Å²) in [7, 11) is 1.58. The number of para-hydroxylation sites is 1. The first kappa shape index (κ1) is 29.0. The van der Waals surface area contributed by atoms with Crippen molar-refractivity contribution >= 4 is 29.0 Å². The zero-order valence-corrected chi connectivity index (χ0v) is 23.1. The molecule has 0 amide bonds. The molecule has 222 valence electrons. The Morgan fingerprint density at radius 3 is 2.40 bits per heavy atom. The highest BCUT2D eigenvalue weighted by Gasteiger charge is 2.40. The monoisotopic (exact) mass is 586 g/mol. The van der Waals surface area contributed by atoms with Crippen molar-refractivity contribution in [3.05, 3.63) is 77.6 Å². The molecule has 0 saturated carbocycles. The number of carboxylic acids is 1. The second-order valence-electron chi connectivity index (χ2n) is 9.86. The Balaban J connectivity index is 1.61. The zero-order valence-electron chi connectivity index (χ0n) is 23.1. The van der Waals surface area contributed by atoms with Gasteiger partial charge in [-0.1, -0.05) is 18.2 Å². The summed E-state index contributed by atoms with van der Waals surface area (Å²) in [5.41, 5.74) is 0.239. The Bertz CT molecular complexity index is 1490. The molecule has 2 aliphatic rings. The lowest BCUT2D eigenvalue weighted by molar-refractivity contribution is -0.138. The van der Waals surface area contributed by atoms with Crippen molar-refractivity contribution in [1.82, 2.24) is 4.90 Å². The molecular weight excluding hydrogens is 556 g/mol. The number of benzene rings is 3. The lowest BCUT2D eigenvalue weighted by atomic mass is 9.96. The zero-order chi connectivity index (χ0) is 30.0. The van der Waals surface area contributed by atoms with Crippen LogP contribution in [0.2, 0.25) is 0 Å². The smallest absolute Gasteiger partial charge is 0.416 e.